The SMILES string of the molecule is C=CCc1ccc(CC=C)c(C=O)c1. The lowest BCUT2D eigenvalue weighted by atomic mass is 10.0. The fraction of sp³-hybridized carbons (Fsp3) is 0.154. The fourth-order valence-electron chi connectivity index (χ4n) is 1.39. The molecule has 0 radical (unpaired) electrons. The Bertz CT molecular complexity index is 350. The number of benzene rings is 1. The Hall–Kier alpha value is -1.63. The van der Waals surface area contributed by atoms with Crippen molar-refractivity contribution in [3.63, 3.8) is 0 Å². The molecule has 72 valence electrons. The van der Waals surface area contributed by atoms with Crippen molar-refractivity contribution in [2.24, 2.45) is 0 Å². The normalized spacial score (nSPS) is 9.43. The number of rotatable bonds is 5. The summed E-state index contributed by atoms with van der Waals surface area (Å²) in [5, 5.41) is 0. The van der Waals surface area contributed by atoms with Crippen LogP contribution in [0.5, 0.6) is 0 Å². The summed E-state index contributed by atoms with van der Waals surface area (Å²) in [7, 11) is 0. The first-order valence-electron chi connectivity index (χ1n) is 4.60. The van der Waals surface area contributed by atoms with E-state index in [4.69, 9.17) is 0 Å². The van der Waals surface area contributed by atoms with E-state index in [0.717, 1.165) is 35.8 Å². The molecule has 0 spiro atoms. The van der Waals surface area contributed by atoms with Gasteiger partial charge in [-0.3, -0.25) is 4.79 Å². The summed E-state index contributed by atoms with van der Waals surface area (Å²) < 4.78 is 0. The Kier molecular flexibility index (Phi) is 3.86. The van der Waals surface area contributed by atoms with E-state index in [1.807, 2.05) is 24.3 Å². The molecule has 0 heterocycles. The zero-order chi connectivity index (χ0) is 10.4. The van der Waals surface area contributed by atoms with Crippen molar-refractivity contribution in [3.05, 3.63) is 60.2 Å². The van der Waals surface area contributed by atoms with Gasteiger partial charge in [0.25, 0.3) is 0 Å². The monoisotopic (exact) mass is 186 g/mol. The van der Waals surface area contributed by atoms with E-state index in [9.17, 15) is 4.79 Å². The van der Waals surface area contributed by atoms with Crippen molar-refractivity contribution in [3.8, 4) is 0 Å². The van der Waals surface area contributed by atoms with Gasteiger partial charge in [0, 0.05) is 5.56 Å². The molecule has 1 heteroatoms. The molecule has 0 atom stereocenters. The predicted octanol–water partition coefficient (Wildman–Crippen LogP) is 2.96. The molecule has 0 amide bonds. The lowest BCUT2D eigenvalue weighted by molar-refractivity contribution is 0.112. The number of hydrogen-bond acceptors (Lipinski definition) is 1. The molecule has 0 fully saturated rings. The van der Waals surface area contributed by atoms with Crippen LogP contribution in [-0.4, -0.2) is 6.29 Å². The van der Waals surface area contributed by atoms with E-state index in [1.165, 1.54) is 0 Å². The average molecular weight is 186 g/mol. The van der Waals surface area contributed by atoms with Crippen LogP contribution in [0.1, 0.15) is 21.5 Å². The van der Waals surface area contributed by atoms with Crippen LogP contribution >= 0.6 is 0 Å². The zero-order valence-corrected chi connectivity index (χ0v) is 8.20. The molecule has 0 saturated heterocycles. The van der Waals surface area contributed by atoms with Crippen LogP contribution in [0.4, 0.5) is 0 Å². The first-order chi connectivity index (χ1) is 6.81. The first kappa shape index (κ1) is 10.5. The molecule has 0 bridgehead atoms. The standard InChI is InChI=1S/C13H14O/c1-3-5-11-7-8-12(6-4-2)13(9-11)10-14/h3-4,7-10H,1-2,5-6H2. The van der Waals surface area contributed by atoms with Gasteiger partial charge in [-0.1, -0.05) is 24.3 Å². The summed E-state index contributed by atoms with van der Waals surface area (Å²) in [5.41, 5.74) is 2.90. The molecule has 0 saturated carbocycles. The molecule has 0 aromatic heterocycles. The van der Waals surface area contributed by atoms with Crippen molar-refractivity contribution in [2.45, 2.75) is 12.8 Å². The van der Waals surface area contributed by atoms with E-state index in [0.29, 0.717) is 0 Å². The Balaban J connectivity index is 3.03. The van der Waals surface area contributed by atoms with Crippen LogP contribution in [-0.2, 0) is 12.8 Å². The Morgan fingerprint density at radius 1 is 1.14 bits per heavy atom. The maximum absolute atomic E-state index is 10.8. The largest absolute Gasteiger partial charge is 0.298 e. The van der Waals surface area contributed by atoms with E-state index >= 15 is 0 Å². The molecule has 0 aliphatic rings. The third-order valence-electron chi connectivity index (χ3n) is 2.08. The van der Waals surface area contributed by atoms with Crippen molar-refractivity contribution in [2.75, 3.05) is 0 Å². The number of allylic oxidation sites excluding steroid dienone is 2. The molecule has 1 aromatic carbocycles. The third kappa shape index (κ3) is 2.43. The van der Waals surface area contributed by atoms with E-state index < -0.39 is 0 Å². The summed E-state index contributed by atoms with van der Waals surface area (Å²) in [5.74, 6) is 0. The highest BCUT2D eigenvalue weighted by Gasteiger charge is 2.00. The predicted molar refractivity (Wildman–Crippen MR) is 59.6 cm³/mol. The lowest BCUT2D eigenvalue weighted by Gasteiger charge is -2.04. The van der Waals surface area contributed by atoms with Crippen molar-refractivity contribution >= 4 is 6.29 Å². The first-order valence-corrected chi connectivity index (χ1v) is 4.60. The van der Waals surface area contributed by atoms with Gasteiger partial charge in [-0.15, -0.1) is 13.2 Å². The van der Waals surface area contributed by atoms with Gasteiger partial charge in [-0.25, -0.2) is 0 Å². The minimum atomic E-state index is 0.739. The minimum Gasteiger partial charge on any atom is -0.298 e. The number of carbonyl (C=O) groups excluding carboxylic acids is 1. The van der Waals surface area contributed by atoms with Crippen molar-refractivity contribution < 1.29 is 4.79 Å². The second-order valence-corrected chi connectivity index (χ2v) is 3.14. The lowest BCUT2D eigenvalue weighted by Crippen LogP contribution is -1.93. The van der Waals surface area contributed by atoms with Crippen molar-refractivity contribution in [1.29, 1.82) is 0 Å². The second-order valence-electron chi connectivity index (χ2n) is 3.14. The summed E-state index contributed by atoms with van der Waals surface area (Å²) in [4.78, 5) is 10.8. The molecular formula is C13H14O. The minimum absolute atomic E-state index is 0.739. The van der Waals surface area contributed by atoms with E-state index in [1.54, 1.807) is 6.08 Å². The van der Waals surface area contributed by atoms with Gasteiger partial charge in [-0.05, 0) is 30.0 Å². The van der Waals surface area contributed by atoms with Crippen molar-refractivity contribution in [1.82, 2.24) is 0 Å². The summed E-state index contributed by atoms with van der Waals surface area (Å²) in [6.45, 7) is 7.32. The third-order valence-corrected chi connectivity index (χ3v) is 2.08. The zero-order valence-electron chi connectivity index (χ0n) is 8.20. The molecule has 0 N–H and O–H groups in total. The van der Waals surface area contributed by atoms with Crippen LogP contribution in [0.2, 0.25) is 0 Å². The molecule has 0 aliphatic carbocycles. The van der Waals surface area contributed by atoms with Gasteiger partial charge in [0.2, 0.25) is 0 Å². The highest BCUT2D eigenvalue weighted by atomic mass is 16.1. The van der Waals surface area contributed by atoms with Crippen LogP contribution in [0.15, 0.2) is 43.5 Å². The smallest absolute Gasteiger partial charge is 0.150 e. The molecule has 0 aliphatic heterocycles. The van der Waals surface area contributed by atoms with Gasteiger partial charge in [0.05, 0.1) is 0 Å². The van der Waals surface area contributed by atoms with Gasteiger partial charge in [-0.2, -0.15) is 0 Å². The van der Waals surface area contributed by atoms with Crippen LogP contribution in [0.25, 0.3) is 0 Å². The van der Waals surface area contributed by atoms with Crippen LogP contribution in [0, 0.1) is 0 Å². The van der Waals surface area contributed by atoms with E-state index in [-0.39, 0.29) is 0 Å². The topological polar surface area (TPSA) is 17.1 Å². The average Bonchev–Trinajstić information content (AvgIpc) is 2.21. The summed E-state index contributed by atoms with van der Waals surface area (Å²) in [6.07, 6.45) is 6.07. The van der Waals surface area contributed by atoms with Crippen LogP contribution in [0.3, 0.4) is 0 Å². The van der Waals surface area contributed by atoms with Gasteiger partial charge >= 0.3 is 0 Å². The number of carbonyl (C=O) groups is 1. The molecule has 0 unspecified atom stereocenters. The molecule has 1 rings (SSSR count). The Morgan fingerprint density at radius 2 is 1.86 bits per heavy atom. The van der Waals surface area contributed by atoms with Gasteiger partial charge < -0.3 is 0 Å². The van der Waals surface area contributed by atoms with Gasteiger partial charge in [0.15, 0.2) is 0 Å². The number of hydrogen-bond donors (Lipinski definition) is 0. The fourth-order valence-corrected chi connectivity index (χ4v) is 1.39. The second kappa shape index (κ2) is 5.18. The highest BCUT2D eigenvalue weighted by Crippen LogP contribution is 2.12. The molecule has 14 heavy (non-hydrogen) atoms. The number of aldehydes is 1. The van der Waals surface area contributed by atoms with E-state index in [2.05, 4.69) is 13.2 Å². The summed E-state index contributed by atoms with van der Waals surface area (Å²) >= 11 is 0. The quantitative estimate of drug-likeness (QED) is 0.510. The maximum atomic E-state index is 10.8. The molecular weight excluding hydrogens is 172 g/mol. The Morgan fingerprint density at radius 3 is 2.43 bits per heavy atom. The summed E-state index contributed by atoms with van der Waals surface area (Å²) in [6, 6.07) is 5.91. The van der Waals surface area contributed by atoms with Gasteiger partial charge in [0.1, 0.15) is 6.29 Å². The highest BCUT2D eigenvalue weighted by molar-refractivity contribution is 5.77. The molecule has 1 aromatic rings. The molecule has 1 nitrogen and oxygen atoms in total. The Labute approximate surface area is 84.8 Å². The maximum Gasteiger partial charge on any atom is 0.150 e. The van der Waals surface area contributed by atoms with Crippen LogP contribution < -0.4 is 0 Å².